The summed E-state index contributed by atoms with van der Waals surface area (Å²) in [5.74, 6) is 0. The van der Waals surface area contributed by atoms with Crippen molar-refractivity contribution in [3.8, 4) is 44.5 Å². The van der Waals surface area contributed by atoms with Crippen LogP contribution in [0.3, 0.4) is 0 Å². The molecule has 270 valence electrons. The van der Waals surface area contributed by atoms with E-state index in [1.54, 1.807) is 0 Å². The lowest BCUT2D eigenvalue weighted by Crippen LogP contribution is -2.30. The molecule has 10 aromatic rings. The summed E-state index contributed by atoms with van der Waals surface area (Å²) in [4.78, 5) is 5.11. The second-order valence-corrected chi connectivity index (χ2v) is 15.9. The molecular formula is C56H36N2. The lowest BCUT2D eigenvalue weighted by molar-refractivity contribution is 0.788. The maximum absolute atomic E-state index is 2.62. The van der Waals surface area contributed by atoms with Crippen molar-refractivity contribution in [2.24, 2.45) is 0 Å². The van der Waals surface area contributed by atoms with E-state index in [0.29, 0.717) is 0 Å². The molecule has 1 unspecified atom stereocenters. The summed E-state index contributed by atoms with van der Waals surface area (Å²) >= 11 is 0. The molecule has 10 aromatic carbocycles. The molecule has 0 heterocycles. The van der Waals surface area contributed by atoms with E-state index in [9.17, 15) is 0 Å². The second kappa shape index (κ2) is 12.0. The van der Waals surface area contributed by atoms with Crippen molar-refractivity contribution in [2.45, 2.75) is 12.5 Å². The normalized spacial score (nSPS) is 14.5. The second-order valence-electron chi connectivity index (χ2n) is 15.9. The predicted molar refractivity (Wildman–Crippen MR) is 246 cm³/mol. The minimum Gasteiger partial charge on any atom is -0.334 e. The largest absolute Gasteiger partial charge is 0.334 e. The summed E-state index contributed by atoms with van der Waals surface area (Å²) in [5.41, 5.74) is 16.4. The lowest BCUT2D eigenvalue weighted by atomic mass is 9.84. The third-order valence-corrected chi connectivity index (χ3v) is 12.9. The molecule has 3 aliphatic rings. The molecule has 0 N–H and O–H groups in total. The van der Waals surface area contributed by atoms with Crippen LogP contribution in [0.25, 0.3) is 87.6 Å². The lowest BCUT2D eigenvalue weighted by Gasteiger charge is -2.35. The van der Waals surface area contributed by atoms with Gasteiger partial charge in [0, 0.05) is 38.6 Å². The van der Waals surface area contributed by atoms with Crippen molar-refractivity contribution < 1.29 is 0 Å². The Kier molecular flexibility index (Phi) is 6.59. The average Bonchev–Trinajstić information content (AvgIpc) is 3.80. The maximum atomic E-state index is 2.62. The fraction of sp³-hybridized carbons (Fsp3) is 0.0357. The van der Waals surface area contributed by atoms with Gasteiger partial charge in [-0.05, 0) is 121 Å². The molecule has 0 aliphatic heterocycles. The van der Waals surface area contributed by atoms with E-state index >= 15 is 0 Å². The molecule has 0 saturated carbocycles. The first-order valence-electron chi connectivity index (χ1n) is 20.4. The first-order chi connectivity index (χ1) is 28.8. The van der Waals surface area contributed by atoms with E-state index in [0.717, 1.165) is 17.8 Å². The van der Waals surface area contributed by atoms with Crippen LogP contribution in [0.4, 0.5) is 28.4 Å². The molecular weight excluding hydrogens is 701 g/mol. The highest BCUT2D eigenvalue weighted by Crippen LogP contribution is 2.60. The van der Waals surface area contributed by atoms with E-state index in [1.807, 2.05) is 0 Å². The van der Waals surface area contributed by atoms with E-state index in [2.05, 4.69) is 210 Å². The van der Waals surface area contributed by atoms with Gasteiger partial charge < -0.3 is 9.80 Å². The molecule has 2 nitrogen and oxygen atoms in total. The quantitative estimate of drug-likeness (QED) is 0.124. The molecule has 2 heteroatoms. The highest BCUT2D eigenvalue weighted by Gasteiger charge is 2.34. The first kappa shape index (κ1) is 31.7. The Morgan fingerprint density at radius 3 is 1.29 bits per heavy atom. The SMILES string of the molecule is C1=CCC(N(c2ccccc2)c2cc3c4c(ccc5c6c(N(c7ccccc7)c7ccccc7)cc7c8c(ccc(c2c45)c86)-c2ccccc2-7)-c2ccccc2-3)C=C1. The van der Waals surface area contributed by atoms with Gasteiger partial charge in [0.15, 0.2) is 0 Å². The molecule has 0 saturated heterocycles. The Hall–Kier alpha value is -7.42. The summed E-state index contributed by atoms with van der Waals surface area (Å²) in [5, 5.41) is 10.6. The molecule has 0 spiro atoms. The molecule has 13 rings (SSSR count). The Morgan fingerprint density at radius 1 is 0.345 bits per heavy atom. The van der Waals surface area contributed by atoms with Crippen LogP contribution in [0.5, 0.6) is 0 Å². The molecule has 0 amide bonds. The zero-order valence-corrected chi connectivity index (χ0v) is 31.7. The van der Waals surface area contributed by atoms with Gasteiger partial charge in [0.05, 0.1) is 17.4 Å². The Labute approximate surface area is 337 Å². The third-order valence-electron chi connectivity index (χ3n) is 12.9. The number of hydrogen-bond donors (Lipinski definition) is 0. The number of para-hydroxylation sites is 3. The van der Waals surface area contributed by atoms with Crippen LogP contribution >= 0.6 is 0 Å². The number of nitrogens with zero attached hydrogens (tertiary/aromatic N) is 2. The van der Waals surface area contributed by atoms with Crippen LogP contribution in [0, 0.1) is 0 Å². The Balaban J connectivity index is 1.27. The van der Waals surface area contributed by atoms with Crippen molar-refractivity contribution in [1.82, 2.24) is 0 Å². The number of benzene rings is 10. The zero-order chi connectivity index (χ0) is 37.9. The number of allylic oxidation sites excluding steroid dienone is 2. The standard InChI is InChI=1S/C56H36N2/c1-5-17-35(18-6-1)57(36-19-7-2-8-20-36)49-33-47-41-27-15-13-25-39(41)43-30-32-46-54-50(58(37-21-9-3-10-22-37)38-23-11-4-12-24-38)34-48-42-28-16-14-26-40(42)44-29-31-45(56(54)52(44)48)53(49)55(46)51(43)47/h1-23,25-34,38H,24H2. The van der Waals surface area contributed by atoms with Gasteiger partial charge in [0.25, 0.3) is 0 Å². The smallest absolute Gasteiger partial charge is 0.0560 e. The van der Waals surface area contributed by atoms with Gasteiger partial charge in [-0.3, -0.25) is 0 Å². The van der Waals surface area contributed by atoms with Crippen molar-refractivity contribution >= 4 is 71.5 Å². The van der Waals surface area contributed by atoms with Crippen LogP contribution in [0.15, 0.2) is 200 Å². The van der Waals surface area contributed by atoms with Crippen molar-refractivity contribution in [3.63, 3.8) is 0 Å². The van der Waals surface area contributed by atoms with Crippen LogP contribution in [-0.4, -0.2) is 6.04 Å². The van der Waals surface area contributed by atoms with E-state index < -0.39 is 0 Å². The summed E-state index contributed by atoms with van der Waals surface area (Å²) in [6.45, 7) is 0. The third kappa shape index (κ3) is 4.27. The summed E-state index contributed by atoms with van der Waals surface area (Å²) < 4.78 is 0. The monoisotopic (exact) mass is 736 g/mol. The molecule has 1 atom stereocenters. The molecule has 3 aliphatic carbocycles. The topological polar surface area (TPSA) is 6.48 Å². The average molecular weight is 737 g/mol. The molecule has 58 heavy (non-hydrogen) atoms. The highest BCUT2D eigenvalue weighted by atomic mass is 15.2. The first-order valence-corrected chi connectivity index (χ1v) is 20.4. The van der Waals surface area contributed by atoms with Gasteiger partial charge in [0.1, 0.15) is 0 Å². The minimum atomic E-state index is 0.154. The Bertz CT molecular complexity index is 3320. The molecule has 0 radical (unpaired) electrons. The number of rotatable bonds is 6. The summed E-state index contributed by atoms with van der Waals surface area (Å²) in [6.07, 6.45) is 10.0. The molecule has 0 bridgehead atoms. The number of fused-ring (bicyclic) bond motifs is 8. The summed E-state index contributed by atoms with van der Waals surface area (Å²) in [7, 11) is 0. The predicted octanol–water partition coefficient (Wildman–Crippen LogP) is 15.5. The number of hydrogen-bond acceptors (Lipinski definition) is 2. The zero-order valence-electron chi connectivity index (χ0n) is 31.7. The molecule has 0 fully saturated rings. The Morgan fingerprint density at radius 2 is 0.793 bits per heavy atom. The van der Waals surface area contributed by atoms with E-state index in [1.165, 1.54) is 105 Å². The van der Waals surface area contributed by atoms with Gasteiger partial charge >= 0.3 is 0 Å². The minimum absolute atomic E-state index is 0.154. The van der Waals surface area contributed by atoms with Gasteiger partial charge in [-0.2, -0.15) is 0 Å². The van der Waals surface area contributed by atoms with E-state index in [4.69, 9.17) is 0 Å². The molecule has 0 aromatic heterocycles. The summed E-state index contributed by atoms with van der Waals surface area (Å²) in [6, 6.07) is 65.8. The van der Waals surface area contributed by atoms with Gasteiger partial charge in [0.2, 0.25) is 0 Å². The van der Waals surface area contributed by atoms with Crippen LogP contribution < -0.4 is 9.80 Å². The van der Waals surface area contributed by atoms with Crippen LogP contribution in [0.2, 0.25) is 0 Å². The van der Waals surface area contributed by atoms with E-state index in [-0.39, 0.29) is 6.04 Å². The van der Waals surface area contributed by atoms with Crippen LogP contribution in [-0.2, 0) is 0 Å². The van der Waals surface area contributed by atoms with Gasteiger partial charge in [-0.25, -0.2) is 0 Å². The maximum Gasteiger partial charge on any atom is 0.0560 e. The van der Waals surface area contributed by atoms with Crippen molar-refractivity contribution in [1.29, 1.82) is 0 Å². The van der Waals surface area contributed by atoms with Gasteiger partial charge in [-0.15, -0.1) is 0 Å². The fourth-order valence-electron chi connectivity index (χ4n) is 10.6. The van der Waals surface area contributed by atoms with Gasteiger partial charge in [-0.1, -0.05) is 152 Å². The highest BCUT2D eigenvalue weighted by molar-refractivity contribution is 6.44. The van der Waals surface area contributed by atoms with Crippen molar-refractivity contribution in [3.05, 3.63) is 200 Å². The fourth-order valence-corrected chi connectivity index (χ4v) is 10.6. The van der Waals surface area contributed by atoms with Crippen molar-refractivity contribution in [2.75, 3.05) is 9.80 Å². The van der Waals surface area contributed by atoms with Crippen LogP contribution in [0.1, 0.15) is 6.42 Å². The number of anilines is 5.